The second-order valence-electron chi connectivity index (χ2n) is 3.82. The zero-order chi connectivity index (χ0) is 15.6. The Kier molecular flexibility index (Phi) is 17.9. The molecule has 0 rings (SSSR count). The first-order valence-electron chi connectivity index (χ1n) is 6.74. The molecule has 0 heterocycles. The lowest BCUT2D eigenvalue weighted by Crippen LogP contribution is -2.28. The molecule has 0 saturated heterocycles. The van der Waals surface area contributed by atoms with Crippen molar-refractivity contribution in [3.05, 3.63) is 0 Å². The first kappa shape index (κ1) is 20.6. The number of amides is 1. The topological polar surface area (TPSA) is 78.8 Å². The van der Waals surface area contributed by atoms with E-state index in [1.807, 2.05) is 13.8 Å². The Bertz CT molecular complexity index is 326. The molecule has 5 heteroatoms. The van der Waals surface area contributed by atoms with Gasteiger partial charge in [0.2, 0.25) is 0 Å². The summed E-state index contributed by atoms with van der Waals surface area (Å²) in [4.78, 5) is 11.0. The summed E-state index contributed by atoms with van der Waals surface area (Å²) in [5.41, 5.74) is 0. The number of hydrogen-bond donors (Lipinski definition) is 3. The number of carbonyl (C=O) groups is 1. The van der Waals surface area contributed by atoms with Crippen LogP contribution in [0.15, 0.2) is 0 Å². The van der Waals surface area contributed by atoms with Gasteiger partial charge in [-0.15, -0.1) is 0 Å². The van der Waals surface area contributed by atoms with Crippen molar-refractivity contribution in [1.29, 1.82) is 0 Å². The Labute approximate surface area is 121 Å². The van der Waals surface area contributed by atoms with Crippen LogP contribution in [0.4, 0.5) is 4.79 Å². The zero-order valence-corrected chi connectivity index (χ0v) is 12.5. The van der Waals surface area contributed by atoms with Gasteiger partial charge in [-0.2, -0.15) is 0 Å². The van der Waals surface area contributed by atoms with E-state index in [0.29, 0.717) is 6.54 Å². The Morgan fingerprint density at radius 1 is 1.20 bits per heavy atom. The molecule has 0 spiro atoms. The summed E-state index contributed by atoms with van der Waals surface area (Å²) in [6, 6.07) is 0. The van der Waals surface area contributed by atoms with Gasteiger partial charge in [-0.25, -0.2) is 4.79 Å². The fraction of sp³-hybridized carbons (Fsp3) is 0.667. The third-order valence-corrected chi connectivity index (χ3v) is 2.08. The molecular weight excluding hydrogens is 258 g/mol. The predicted molar refractivity (Wildman–Crippen MR) is 78.9 cm³/mol. The molecule has 0 fully saturated rings. The number of nitrogens with one attached hydrogen (secondary N) is 1. The number of alkyl carbamates (subject to hydrolysis) is 1. The summed E-state index contributed by atoms with van der Waals surface area (Å²) in [6.07, 6.45) is 2.69. The van der Waals surface area contributed by atoms with Crippen molar-refractivity contribution < 1.29 is 19.7 Å². The molecule has 0 aromatic carbocycles. The summed E-state index contributed by atoms with van der Waals surface area (Å²) in [5, 5.41) is 18.8. The molecule has 5 nitrogen and oxygen atoms in total. The van der Waals surface area contributed by atoms with Gasteiger partial charge in [0.1, 0.15) is 19.3 Å². The summed E-state index contributed by atoms with van der Waals surface area (Å²) < 4.78 is 5.00. The van der Waals surface area contributed by atoms with Crippen LogP contribution in [-0.2, 0) is 4.74 Å². The fourth-order valence-electron chi connectivity index (χ4n) is 0.842. The highest BCUT2D eigenvalue weighted by atomic mass is 16.6. The van der Waals surface area contributed by atoms with Crippen LogP contribution in [0.1, 0.15) is 40.0 Å². The lowest BCUT2D eigenvalue weighted by atomic mass is 10.3. The molecular formula is C15H25NO4. The van der Waals surface area contributed by atoms with E-state index in [2.05, 4.69) is 35.9 Å². The van der Waals surface area contributed by atoms with Crippen LogP contribution in [-0.4, -0.2) is 42.2 Å². The maximum atomic E-state index is 11.0. The maximum Gasteiger partial charge on any atom is 0.407 e. The normalized spacial score (nSPS) is 9.65. The molecule has 1 unspecified atom stereocenters. The quantitative estimate of drug-likeness (QED) is 0.525. The third kappa shape index (κ3) is 18.7. The lowest BCUT2D eigenvalue weighted by Gasteiger charge is -2.11. The molecule has 0 saturated carbocycles. The van der Waals surface area contributed by atoms with Crippen LogP contribution in [0.3, 0.4) is 0 Å². The van der Waals surface area contributed by atoms with Gasteiger partial charge in [0, 0.05) is 6.54 Å². The van der Waals surface area contributed by atoms with E-state index in [4.69, 9.17) is 14.9 Å². The number of ether oxygens (including phenoxy) is 1. The molecule has 0 radical (unpaired) electrons. The first-order chi connectivity index (χ1) is 9.62. The van der Waals surface area contributed by atoms with Crippen molar-refractivity contribution >= 4 is 6.09 Å². The summed E-state index contributed by atoms with van der Waals surface area (Å²) in [7, 11) is 0. The molecule has 3 N–H and O–H groups in total. The van der Waals surface area contributed by atoms with Crippen LogP contribution in [0.25, 0.3) is 0 Å². The number of rotatable bonds is 5. The summed E-state index contributed by atoms with van der Waals surface area (Å²) >= 11 is 0. The van der Waals surface area contributed by atoms with Crippen molar-refractivity contribution in [1.82, 2.24) is 5.32 Å². The number of hydrogen-bond acceptors (Lipinski definition) is 4. The minimum atomic E-state index is -0.294. The Morgan fingerprint density at radius 3 is 2.15 bits per heavy atom. The average molecular weight is 283 g/mol. The van der Waals surface area contributed by atoms with Gasteiger partial charge in [0.25, 0.3) is 0 Å². The molecule has 1 atom stereocenters. The largest absolute Gasteiger partial charge is 0.447 e. The lowest BCUT2D eigenvalue weighted by molar-refractivity contribution is 0.105. The number of aliphatic hydroxyl groups is 2. The van der Waals surface area contributed by atoms with E-state index in [0.717, 1.165) is 19.3 Å². The first-order valence-corrected chi connectivity index (χ1v) is 6.74. The Morgan fingerprint density at radius 2 is 1.75 bits per heavy atom. The standard InChI is InChI=1S/C9H19NO2.C6H6O2/c1-4-6-7-10-9(11)12-8(3)5-2;7-5-3-1-2-4-6-8/h8H,4-7H2,1-3H3,(H,10,11);7-8H,5-6H2. The van der Waals surface area contributed by atoms with Gasteiger partial charge in [-0.3, -0.25) is 0 Å². The van der Waals surface area contributed by atoms with Crippen molar-refractivity contribution in [3.63, 3.8) is 0 Å². The van der Waals surface area contributed by atoms with E-state index < -0.39 is 0 Å². The van der Waals surface area contributed by atoms with Crippen LogP contribution >= 0.6 is 0 Å². The summed E-state index contributed by atoms with van der Waals surface area (Å²) in [5.74, 6) is 9.24. The van der Waals surface area contributed by atoms with Crippen molar-refractivity contribution in [2.75, 3.05) is 19.8 Å². The van der Waals surface area contributed by atoms with E-state index in [1.165, 1.54) is 0 Å². The van der Waals surface area contributed by atoms with E-state index in [9.17, 15) is 4.79 Å². The molecule has 0 aliphatic carbocycles. The van der Waals surface area contributed by atoms with Gasteiger partial charge in [0.05, 0.1) is 0 Å². The number of carbonyl (C=O) groups excluding carboxylic acids is 1. The Balaban J connectivity index is 0. The van der Waals surface area contributed by atoms with Crippen LogP contribution in [0.2, 0.25) is 0 Å². The Hall–Kier alpha value is -1.69. The minimum Gasteiger partial charge on any atom is -0.447 e. The van der Waals surface area contributed by atoms with E-state index >= 15 is 0 Å². The highest BCUT2D eigenvalue weighted by molar-refractivity contribution is 5.67. The van der Waals surface area contributed by atoms with Crippen molar-refractivity contribution in [3.8, 4) is 23.7 Å². The van der Waals surface area contributed by atoms with E-state index in [-0.39, 0.29) is 25.4 Å². The molecule has 1 amide bonds. The summed E-state index contributed by atoms with van der Waals surface area (Å²) in [6.45, 7) is 6.32. The molecule has 114 valence electrons. The second kappa shape index (κ2) is 17.3. The highest BCUT2D eigenvalue weighted by Crippen LogP contribution is 1.95. The van der Waals surface area contributed by atoms with Crippen molar-refractivity contribution in [2.45, 2.75) is 46.1 Å². The molecule has 0 aromatic heterocycles. The molecule has 0 aliphatic rings. The SMILES string of the molecule is CCCCNC(=O)OC(C)CC.OCC#CC#CCO. The minimum absolute atomic E-state index is 0.0200. The second-order valence-corrected chi connectivity index (χ2v) is 3.82. The molecule has 20 heavy (non-hydrogen) atoms. The fourth-order valence-corrected chi connectivity index (χ4v) is 0.842. The smallest absolute Gasteiger partial charge is 0.407 e. The van der Waals surface area contributed by atoms with Gasteiger partial charge in [0.15, 0.2) is 0 Å². The van der Waals surface area contributed by atoms with Crippen LogP contribution in [0.5, 0.6) is 0 Å². The number of unbranched alkanes of at least 4 members (excludes halogenated alkanes) is 1. The van der Waals surface area contributed by atoms with Crippen LogP contribution < -0.4 is 5.32 Å². The third-order valence-electron chi connectivity index (χ3n) is 2.08. The average Bonchev–Trinajstić information content (AvgIpc) is 2.44. The molecule has 0 bridgehead atoms. The van der Waals surface area contributed by atoms with Gasteiger partial charge < -0.3 is 20.3 Å². The van der Waals surface area contributed by atoms with Crippen LogP contribution in [0, 0.1) is 23.7 Å². The maximum absolute atomic E-state index is 11.0. The monoisotopic (exact) mass is 283 g/mol. The number of aliphatic hydroxyl groups excluding tert-OH is 2. The predicted octanol–water partition coefficient (Wildman–Crippen LogP) is 1.29. The highest BCUT2D eigenvalue weighted by Gasteiger charge is 2.04. The zero-order valence-electron chi connectivity index (χ0n) is 12.5. The van der Waals surface area contributed by atoms with Gasteiger partial charge in [-0.05, 0) is 31.6 Å². The van der Waals surface area contributed by atoms with Crippen molar-refractivity contribution in [2.24, 2.45) is 0 Å². The molecule has 0 aliphatic heterocycles. The van der Waals surface area contributed by atoms with Gasteiger partial charge in [-0.1, -0.05) is 32.1 Å². The van der Waals surface area contributed by atoms with E-state index in [1.54, 1.807) is 0 Å². The van der Waals surface area contributed by atoms with Gasteiger partial charge >= 0.3 is 6.09 Å². The molecule has 0 aromatic rings.